The molecule has 0 amide bonds. The molecule has 8 heteroatoms. The van der Waals surface area contributed by atoms with Crippen molar-refractivity contribution in [3.05, 3.63) is 65.9 Å². The second-order valence-corrected chi connectivity index (χ2v) is 8.55. The third kappa shape index (κ3) is 6.40. The van der Waals surface area contributed by atoms with Crippen molar-refractivity contribution in [1.29, 1.82) is 0 Å². The smallest absolute Gasteiger partial charge is 0.421 e. The van der Waals surface area contributed by atoms with Gasteiger partial charge in [0.2, 0.25) is 5.95 Å². The number of alkyl halides is 3. The van der Waals surface area contributed by atoms with Crippen LogP contribution in [0, 0.1) is 0 Å². The lowest BCUT2D eigenvalue weighted by Gasteiger charge is -2.16. The first-order valence-corrected chi connectivity index (χ1v) is 11.7. The predicted molar refractivity (Wildman–Crippen MR) is 128 cm³/mol. The van der Waals surface area contributed by atoms with Crippen molar-refractivity contribution >= 4 is 23.1 Å². The lowest BCUT2D eigenvalue weighted by atomic mass is 10.1. The molecule has 0 spiro atoms. The molecule has 0 unspecified atom stereocenters. The summed E-state index contributed by atoms with van der Waals surface area (Å²) in [6.07, 6.45) is 4.08. The van der Waals surface area contributed by atoms with E-state index >= 15 is 0 Å². The van der Waals surface area contributed by atoms with Gasteiger partial charge in [-0.1, -0.05) is 25.5 Å². The maximum atomic E-state index is 13.6. The second-order valence-electron chi connectivity index (χ2n) is 8.55. The number of hydrogen-bond acceptors (Lipinski definition) is 5. The van der Waals surface area contributed by atoms with E-state index in [-0.39, 0.29) is 17.9 Å². The number of anilines is 4. The number of unbranched alkanes of at least 4 members (excludes halogenated alkanes) is 1. The minimum Gasteiger partial charge on any atom is -0.490 e. The molecule has 1 fully saturated rings. The highest BCUT2D eigenvalue weighted by Gasteiger charge is 2.35. The Balaban J connectivity index is 1.48. The fourth-order valence-electron chi connectivity index (χ4n) is 3.96. The zero-order chi connectivity index (χ0) is 24.0. The molecular weight excluding hydrogens is 441 g/mol. The molecule has 180 valence electrons. The Kier molecular flexibility index (Phi) is 7.55. The van der Waals surface area contributed by atoms with Crippen LogP contribution >= 0.6 is 0 Å². The van der Waals surface area contributed by atoms with Crippen LogP contribution in [0.1, 0.15) is 56.6 Å². The van der Waals surface area contributed by atoms with Gasteiger partial charge in [-0.25, -0.2) is 4.98 Å². The maximum Gasteiger partial charge on any atom is 0.421 e. The fraction of sp³-hybridized carbons (Fsp3) is 0.385. The number of hydrogen-bond donors (Lipinski definition) is 2. The first kappa shape index (κ1) is 23.9. The monoisotopic (exact) mass is 470 g/mol. The van der Waals surface area contributed by atoms with Gasteiger partial charge < -0.3 is 15.4 Å². The van der Waals surface area contributed by atoms with Crippen molar-refractivity contribution in [2.75, 3.05) is 10.6 Å². The van der Waals surface area contributed by atoms with Crippen LogP contribution in [0.2, 0.25) is 0 Å². The number of rotatable bonds is 9. The highest BCUT2D eigenvalue weighted by molar-refractivity contribution is 5.63. The fourth-order valence-corrected chi connectivity index (χ4v) is 3.96. The third-order valence-corrected chi connectivity index (χ3v) is 5.85. The summed E-state index contributed by atoms with van der Waals surface area (Å²) in [6, 6.07) is 14.6. The number of nitrogens with one attached hydrogen (secondary N) is 2. The van der Waals surface area contributed by atoms with Gasteiger partial charge in [0.25, 0.3) is 0 Å². The largest absolute Gasteiger partial charge is 0.490 e. The van der Waals surface area contributed by atoms with E-state index in [1.807, 2.05) is 24.3 Å². The van der Waals surface area contributed by atoms with E-state index in [9.17, 15) is 13.2 Å². The summed E-state index contributed by atoms with van der Waals surface area (Å²) in [4.78, 5) is 8.01. The molecule has 0 saturated heterocycles. The standard InChI is InChI=1S/C26H29F3N4O/c1-2-3-6-18-9-11-19(12-10-18)31-24-23(26(27,28)29)17-30-25(33-24)32-20-13-15-22(16-14-20)34-21-7-4-5-8-21/h9-17,21H,2-8H2,1H3,(H2,30,31,32,33). The SMILES string of the molecule is CCCCc1ccc(Nc2nc(Nc3ccc(OC4CCCC4)cc3)ncc2C(F)(F)F)cc1. The molecule has 4 rings (SSSR count). The minimum atomic E-state index is -4.58. The van der Waals surface area contributed by atoms with E-state index in [1.165, 1.54) is 12.8 Å². The molecule has 0 atom stereocenters. The van der Waals surface area contributed by atoms with Crippen molar-refractivity contribution in [3.8, 4) is 5.75 Å². The Morgan fingerprint density at radius 2 is 1.59 bits per heavy atom. The molecule has 1 aliphatic carbocycles. The topological polar surface area (TPSA) is 59.1 Å². The Hall–Kier alpha value is -3.29. The summed E-state index contributed by atoms with van der Waals surface area (Å²) < 4.78 is 46.7. The number of benzene rings is 2. The van der Waals surface area contributed by atoms with Gasteiger partial charge >= 0.3 is 6.18 Å². The zero-order valence-electron chi connectivity index (χ0n) is 19.2. The Bertz CT molecular complexity index is 1060. The van der Waals surface area contributed by atoms with Gasteiger partial charge in [0.15, 0.2) is 0 Å². The molecule has 1 aromatic heterocycles. The van der Waals surface area contributed by atoms with Crippen LogP contribution < -0.4 is 15.4 Å². The third-order valence-electron chi connectivity index (χ3n) is 5.85. The van der Waals surface area contributed by atoms with Gasteiger partial charge in [-0.05, 0) is 80.5 Å². The predicted octanol–water partition coefficient (Wildman–Crippen LogP) is 7.65. The highest BCUT2D eigenvalue weighted by Crippen LogP contribution is 2.35. The molecule has 2 N–H and O–H groups in total. The normalized spacial score (nSPS) is 14.2. The molecular formula is C26H29F3N4O. The van der Waals surface area contributed by atoms with Gasteiger partial charge in [0.1, 0.15) is 17.1 Å². The minimum absolute atomic E-state index is 0.0690. The molecule has 34 heavy (non-hydrogen) atoms. The van der Waals surface area contributed by atoms with Gasteiger partial charge in [-0.2, -0.15) is 18.2 Å². The van der Waals surface area contributed by atoms with E-state index < -0.39 is 11.7 Å². The number of ether oxygens (including phenoxy) is 1. The first-order chi connectivity index (χ1) is 16.4. The molecule has 1 saturated carbocycles. The van der Waals surface area contributed by atoms with Crippen LogP contribution in [0.5, 0.6) is 5.75 Å². The van der Waals surface area contributed by atoms with Crippen molar-refractivity contribution in [2.45, 2.75) is 64.1 Å². The van der Waals surface area contributed by atoms with Gasteiger partial charge in [0, 0.05) is 17.6 Å². The van der Waals surface area contributed by atoms with Crippen LogP contribution in [-0.4, -0.2) is 16.1 Å². The number of halogens is 3. The molecule has 5 nitrogen and oxygen atoms in total. The molecule has 0 aliphatic heterocycles. The van der Waals surface area contributed by atoms with Crippen LogP contribution in [0.3, 0.4) is 0 Å². The van der Waals surface area contributed by atoms with E-state index in [2.05, 4.69) is 27.5 Å². The summed E-state index contributed by atoms with van der Waals surface area (Å²) in [5, 5.41) is 5.78. The Morgan fingerprint density at radius 1 is 0.941 bits per heavy atom. The van der Waals surface area contributed by atoms with E-state index in [1.54, 1.807) is 24.3 Å². The molecule has 3 aromatic rings. The summed E-state index contributed by atoms with van der Waals surface area (Å²) in [5.74, 6) is 0.544. The van der Waals surface area contributed by atoms with Crippen LogP contribution in [0.15, 0.2) is 54.7 Å². The molecule has 1 heterocycles. The first-order valence-electron chi connectivity index (χ1n) is 11.7. The number of aryl methyl sites for hydroxylation is 1. The Morgan fingerprint density at radius 3 is 2.24 bits per heavy atom. The zero-order valence-corrected chi connectivity index (χ0v) is 19.2. The van der Waals surface area contributed by atoms with Gasteiger partial charge in [-0.3, -0.25) is 0 Å². The van der Waals surface area contributed by atoms with Crippen molar-refractivity contribution in [2.24, 2.45) is 0 Å². The quantitative estimate of drug-likeness (QED) is 0.336. The van der Waals surface area contributed by atoms with E-state index in [0.717, 1.165) is 49.6 Å². The molecule has 0 bridgehead atoms. The maximum absolute atomic E-state index is 13.6. The molecule has 0 radical (unpaired) electrons. The van der Waals surface area contributed by atoms with E-state index in [0.29, 0.717) is 11.4 Å². The second kappa shape index (κ2) is 10.8. The average molecular weight is 471 g/mol. The lowest BCUT2D eigenvalue weighted by molar-refractivity contribution is -0.137. The average Bonchev–Trinajstić information content (AvgIpc) is 3.32. The number of aromatic nitrogens is 2. The number of nitrogens with zero attached hydrogens (tertiary/aromatic N) is 2. The lowest BCUT2D eigenvalue weighted by Crippen LogP contribution is -2.12. The van der Waals surface area contributed by atoms with Gasteiger partial charge in [-0.15, -0.1) is 0 Å². The summed E-state index contributed by atoms with van der Waals surface area (Å²) >= 11 is 0. The molecule has 2 aromatic carbocycles. The van der Waals surface area contributed by atoms with Crippen molar-refractivity contribution < 1.29 is 17.9 Å². The summed E-state index contributed by atoms with van der Waals surface area (Å²) in [5.41, 5.74) is 1.41. The Labute approximate surface area is 197 Å². The van der Waals surface area contributed by atoms with Crippen molar-refractivity contribution in [1.82, 2.24) is 9.97 Å². The van der Waals surface area contributed by atoms with Crippen LogP contribution in [0.25, 0.3) is 0 Å². The van der Waals surface area contributed by atoms with Crippen LogP contribution in [-0.2, 0) is 12.6 Å². The molecule has 1 aliphatic rings. The van der Waals surface area contributed by atoms with Crippen molar-refractivity contribution in [3.63, 3.8) is 0 Å². The summed E-state index contributed by atoms with van der Waals surface area (Å²) in [7, 11) is 0. The van der Waals surface area contributed by atoms with Gasteiger partial charge in [0.05, 0.1) is 6.10 Å². The van der Waals surface area contributed by atoms with Crippen LogP contribution in [0.4, 0.5) is 36.3 Å². The van der Waals surface area contributed by atoms with E-state index in [4.69, 9.17) is 4.74 Å². The summed E-state index contributed by atoms with van der Waals surface area (Å²) in [6.45, 7) is 2.12. The highest BCUT2D eigenvalue weighted by atomic mass is 19.4.